The molecule has 0 saturated heterocycles. The first-order valence-electron chi connectivity index (χ1n) is 7.25. The van der Waals surface area contributed by atoms with Gasteiger partial charge in [0.25, 0.3) is 0 Å². The Morgan fingerprint density at radius 2 is 2.32 bits per heavy atom. The summed E-state index contributed by atoms with van der Waals surface area (Å²) in [5.74, 6) is 2.65. The summed E-state index contributed by atoms with van der Waals surface area (Å²) in [5.41, 5.74) is 1.83. The van der Waals surface area contributed by atoms with Crippen LogP contribution in [0.15, 0.2) is 24.7 Å². The molecule has 4 rings (SSSR count). The largest absolute Gasteiger partial charge is 0.360 e. The van der Waals surface area contributed by atoms with Crippen molar-refractivity contribution in [2.45, 2.75) is 32.1 Å². The third-order valence-electron chi connectivity index (χ3n) is 5.12. The predicted octanol–water partition coefficient (Wildman–Crippen LogP) is 3.57. The van der Waals surface area contributed by atoms with Crippen LogP contribution in [0.3, 0.4) is 0 Å². The number of aromatic amines is 1. The monoisotopic (exact) mass is 254 g/mol. The minimum atomic E-state index is 0.289. The predicted molar refractivity (Wildman–Crippen MR) is 74.0 cm³/mol. The molecule has 2 aliphatic carbocycles. The number of nitrogens with one attached hydrogen (secondary N) is 1. The Bertz CT molecular complexity index is 630. The lowest BCUT2D eigenvalue weighted by atomic mass is 9.84. The maximum absolute atomic E-state index is 12.5. The van der Waals surface area contributed by atoms with Gasteiger partial charge in [-0.3, -0.25) is 9.78 Å². The van der Waals surface area contributed by atoms with E-state index in [1.54, 1.807) is 12.4 Å². The van der Waals surface area contributed by atoms with E-state index in [1.165, 1.54) is 25.7 Å². The molecule has 98 valence electrons. The van der Waals surface area contributed by atoms with Crippen molar-refractivity contribution in [1.82, 2.24) is 9.97 Å². The van der Waals surface area contributed by atoms with Gasteiger partial charge >= 0.3 is 0 Å². The number of rotatable bonds is 3. The Balaban J connectivity index is 1.57. The number of fused-ring (bicyclic) bond motifs is 3. The fourth-order valence-corrected chi connectivity index (χ4v) is 4.17. The minimum Gasteiger partial charge on any atom is -0.360 e. The second kappa shape index (κ2) is 4.19. The van der Waals surface area contributed by atoms with Crippen LogP contribution in [0, 0.1) is 17.8 Å². The Hall–Kier alpha value is -1.64. The zero-order valence-corrected chi connectivity index (χ0v) is 10.9. The number of H-pyrrole nitrogens is 1. The zero-order valence-electron chi connectivity index (χ0n) is 10.9. The summed E-state index contributed by atoms with van der Waals surface area (Å²) in [5, 5.41) is 0.968. The highest BCUT2D eigenvalue weighted by molar-refractivity contribution is 6.07. The van der Waals surface area contributed by atoms with Gasteiger partial charge in [0, 0.05) is 41.5 Å². The zero-order chi connectivity index (χ0) is 12.8. The number of ketones is 1. The van der Waals surface area contributed by atoms with Crippen LogP contribution in [0.1, 0.15) is 42.5 Å². The van der Waals surface area contributed by atoms with E-state index in [0.29, 0.717) is 5.92 Å². The molecule has 2 aliphatic rings. The Morgan fingerprint density at radius 1 is 1.37 bits per heavy atom. The van der Waals surface area contributed by atoms with Crippen LogP contribution in [0.25, 0.3) is 10.9 Å². The van der Waals surface area contributed by atoms with E-state index in [-0.39, 0.29) is 5.78 Å². The average molecular weight is 254 g/mol. The van der Waals surface area contributed by atoms with Crippen molar-refractivity contribution in [2.24, 2.45) is 17.8 Å². The van der Waals surface area contributed by atoms with E-state index in [9.17, 15) is 4.79 Å². The second-order valence-corrected chi connectivity index (χ2v) is 6.19. The normalized spacial score (nSPS) is 29.2. The molecule has 0 aliphatic heterocycles. The topological polar surface area (TPSA) is 45.8 Å². The molecule has 3 unspecified atom stereocenters. The van der Waals surface area contributed by atoms with Crippen LogP contribution in [0.2, 0.25) is 0 Å². The molecule has 2 heterocycles. The number of pyridine rings is 1. The molecule has 2 bridgehead atoms. The number of hydrogen-bond acceptors (Lipinski definition) is 2. The lowest BCUT2D eigenvalue weighted by Crippen LogP contribution is -2.15. The molecule has 2 saturated carbocycles. The molecule has 2 aromatic heterocycles. The van der Waals surface area contributed by atoms with Crippen molar-refractivity contribution in [3.8, 4) is 0 Å². The van der Waals surface area contributed by atoms with E-state index in [2.05, 4.69) is 9.97 Å². The number of carbonyl (C=O) groups excluding carboxylic acids is 1. The van der Waals surface area contributed by atoms with Gasteiger partial charge in [-0.1, -0.05) is 6.42 Å². The fourth-order valence-electron chi connectivity index (χ4n) is 4.17. The van der Waals surface area contributed by atoms with Crippen molar-refractivity contribution in [3.05, 3.63) is 30.2 Å². The smallest absolute Gasteiger partial charge is 0.165 e. The van der Waals surface area contributed by atoms with E-state index >= 15 is 0 Å². The quantitative estimate of drug-likeness (QED) is 0.851. The van der Waals surface area contributed by atoms with Gasteiger partial charge in [0.15, 0.2) is 5.78 Å². The Morgan fingerprint density at radius 3 is 3.11 bits per heavy atom. The first-order valence-corrected chi connectivity index (χ1v) is 7.25. The standard InChI is InChI=1S/C16H18N2O/c19-16(7-12-6-10-1-2-11(12)5-10)14-9-18-15-3-4-17-8-13(14)15/h3-4,8-12,18H,1-2,5-7H2. The summed E-state index contributed by atoms with van der Waals surface area (Å²) in [7, 11) is 0. The van der Waals surface area contributed by atoms with Crippen molar-refractivity contribution in [2.75, 3.05) is 0 Å². The van der Waals surface area contributed by atoms with Gasteiger partial charge in [-0.25, -0.2) is 0 Å². The van der Waals surface area contributed by atoms with Crippen molar-refractivity contribution in [3.63, 3.8) is 0 Å². The molecule has 19 heavy (non-hydrogen) atoms. The van der Waals surface area contributed by atoms with Gasteiger partial charge in [0.2, 0.25) is 0 Å². The van der Waals surface area contributed by atoms with E-state index in [4.69, 9.17) is 0 Å². The highest BCUT2D eigenvalue weighted by Gasteiger charge is 2.40. The number of carbonyl (C=O) groups is 1. The van der Waals surface area contributed by atoms with Gasteiger partial charge in [0.1, 0.15) is 0 Å². The Labute approximate surface area is 112 Å². The first kappa shape index (κ1) is 11.2. The van der Waals surface area contributed by atoms with Gasteiger partial charge in [0.05, 0.1) is 0 Å². The molecule has 0 spiro atoms. The SMILES string of the molecule is O=C(CC1CC2CCC1C2)c1c[nH]c2ccncc12. The molecule has 0 radical (unpaired) electrons. The third kappa shape index (κ3) is 1.79. The van der Waals surface area contributed by atoms with Gasteiger partial charge in [-0.15, -0.1) is 0 Å². The van der Waals surface area contributed by atoms with E-state index in [0.717, 1.165) is 34.7 Å². The molecule has 1 N–H and O–H groups in total. The molecule has 0 aromatic carbocycles. The van der Waals surface area contributed by atoms with E-state index in [1.807, 2.05) is 12.3 Å². The maximum atomic E-state index is 12.5. The molecule has 3 atom stereocenters. The highest BCUT2D eigenvalue weighted by Crippen LogP contribution is 2.49. The molecule has 2 fully saturated rings. The number of nitrogens with zero attached hydrogens (tertiary/aromatic N) is 1. The number of hydrogen-bond donors (Lipinski definition) is 1. The van der Waals surface area contributed by atoms with Gasteiger partial charge in [-0.05, 0) is 43.1 Å². The third-order valence-corrected chi connectivity index (χ3v) is 5.12. The summed E-state index contributed by atoms with van der Waals surface area (Å²) in [6, 6.07) is 1.92. The first-order chi connectivity index (χ1) is 9.31. The van der Waals surface area contributed by atoms with E-state index < -0.39 is 0 Å². The van der Waals surface area contributed by atoms with Gasteiger partial charge in [-0.2, -0.15) is 0 Å². The molecule has 0 amide bonds. The van der Waals surface area contributed by atoms with Crippen LogP contribution in [0.4, 0.5) is 0 Å². The van der Waals surface area contributed by atoms with Gasteiger partial charge < -0.3 is 4.98 Å². The lowest BCUT2D eigenvalue weighted by molar-refractivity contribution is 0.0946. The highest BCUT2D eigenvalue weighted by atomic mass is 16.1. The van der Waals surface area contributed by atoms with Crippen LogP contribution in [0.5, 0.6) is 0 Å². The molecule has 3 heteroatoms. The average Bonchev–Trinajstić information content (AvgIpc) is 3.13. The molecular weight excluding hydrogens is 236 g/mol. The summed E-state index contributed by atoms with van der Waals surface area (Å²) >= 11 is 0. The van der Waals surface area contributed by atoms with Crippen molar-refractivity contribution < 1.29 is 4.79 Å². The molecule has 3 nitrogen and oxygen atoms in total. The number of Topliss-reactive ketones (excluding diaryl/α,β-unsaturated/α-hetero) is 1. The Kier molecular flexibility index (Phi) is 2.47. The maximum Gasteiger partial charge on any atom is 0.165 e. The summed E-state index contributed by atoms with van der Waals surface area (Å²) < 4.78 is 0. The summed E-state index contributed by atoms with van der Waals surface area (Å²) in [4.78, 5) is 19.8. The molecule has 2 aromatic rings. The van der Waals surface area contributed by atoms with Crippen LogP contribution >= 0.6 is 0 Å². The minimum absolute atomic E-state index is 0.289. The van der Waals surface area contributed by atoms with Crippen LogP contribution in [-0.2, 0) is 0 Å². The summed E-state index contributed by atoms with van der Waals surface area (Å²) in [6.07, 6.45) is 11.5. The number of aromatic nitrogens is 2. The van der Waals surface area contributed by atoms with Crippen molar-refractivity contribution >= 4 is 16.7 Å². The lowest BCUT2D eigenvalue weighted by Gasteiger charge is -2.20. The summed E-state index contributed by atoms with van der Waals surface area (Å²) in [6.45, 7) is 0. The van der Waals surface area contributed by atoms with Crippen LogP contribution in [-0.4, -0.2) is 15.8 Å². The molecular formula is C16H18N2O. The van der Waals surface area contributed by atoms with Crippen molar-refractivity contribution in [1.29, 1.82) is 0 Å². The second-order valence-electron chi connectivity index (χ2n) is 6.19. The van der Waals surface area contributed by atoms with Crippen LogP contribution < -0.4 is 0 Å². The fraction of sp³-hybridized carbons (Fsp3) is 0.500.